The largest absolute Gasteiger partial charge is 0.395 e. The Labute approximate surface area is 90.9 Å². The molecular formula is C13H18O2. The number of hydrogen-bond donors (Lipinski definition) is 1. The molecular weight excluding hydrogens is 188 g/mol. The van der Waals surface area contributed by atoms with Gasteiger partial charge in [0.05, 0.1) is 18.8 Å². The Bertz CT molecular complexity index is 332. The minimum atomic E-state index is -0.204. The van der Waals surface area contributed by atoms with Crippen molar-refractivity contribution in [3.05, 3.63) is 35.9 Å². The summed E-state index contributed by atoms with van der Waals surface area (Å²) >= 11 is 0. The number of benzene rings is 1. The summed E-state index contributed by atoms with van der Waals surface area (Å²) in [6, 6.07) is 10.2. The summed E-state index contributed by atoms with van der Waals surface area (Å²) in [7, 11) is 0. The second kappa shape index (κ2) is 3.62. The first-order valence-electron chi connectivity index (χ1n) is 5.38. The van der Waals surface area contributed by atoms with Gasteiger partial charge in [0.2, 0.25) is 0 Å². The van der Waals surface area contributed by atoms with Crippen LogP contribution >= 0.6 is 0 Å². The van der Waals surface area contributed by atoms with E-state index in [4.69, 9.17) is 4.74 Å². The van der Waals surface area contributed by atoms with E-state index in [1.807, 2.05) is 18.2 Å². The van der Waals surface area contributed by atoms with Gasteiger partial charge in [0.15, 0.2) is 0 Å². The maximum Gasteiger partial charge on any atom is 0.0637 e. The highest BCUT2D eigenvalue weighted by atomic mass is 16.5. The first kappa shape index (κ1) is 10.7. The number of aliphatic hydroxyl groups is 1. The lowest BCUT2D eigenvalue weighted by molar-refractivity contribution is 0.0321. The summed E-state index contributed by atoms with van der Waals surface area (Å²) < 4.78 is 5.74. The monoisotopic (exact) mass is 206 g/mol. The van der Waals surface area contributed by atoms with Crippen molar-refractivity contribution in [3.63, 3.8) is 0 Å². The van der Waals surface area contributed by atoms with Crippen LogP contribution in [0.5, 0.6) is 0 Å². The molecule has 1 saturated heterocycles. The molecule has 1 unspecified atom stereocenters. The van der Waals surface area contributed by atoms with Gasteiger partial charge in [0.1, 0.15) is 0 Å². The van der Waals surface area contributed by atoms with E-state index in [-0.39, 0.29) is 17.6 Å². The minimum absolute atomic E-state index is 0.126. The molecule has 0 aliphatic carbocycles. The molecule has 0 saturated carbocycles. The first-order chi connectivity index (χ1) is 7.08. The Balaban J connectivity index is 2.32. The van der Waals surface area contributed by atoms with Gasteiger partial charge in [-0.25, -0.2) is 0 Å². The molecule has 2 nitrogen and oxygen atoms in total. The van der Waals surface area contributed by atoms with Gasteiger partial charge in [-0.1, -0.05) is 30.3 Å². The van der Waals surface area contributed by atoms with E-state index in [1.165, 1.54) is 5.56 Å². The van der Waals surface area contributed by atoms with Crippen LogP contribution in [0.4, 0.5) is 0 Å². The third-order valence-corrected chi connectivity index (χ3v) is 3.19. The summed E-state index contributed by atoms with van der Waals surface area (Å²) in [5.41, 5.74) is 0.849. The van der Waals surface area contributed by atoms with Gasteiger partial charge in [0, 0.05) is 5.41 Å². The zero-order valence-corrected chi connectivity index (χ0v) is 9.36. The SMILES string of the molecule is CC1(C)CC(CO)(c2ccccc2)CO1. The summed E-state index contributed by atoms with van der Waals surface area (Å²) in [6.07, 6.45) is 0.876. The molecule has 1 atom stereocenters. The average molecular weight is 206 g/mol. The highest BCUT2D eigenvalue weighted by Gasteiger charge is 2.45. The van der Waals surface area contributed by atoms with Crippen LogP contribution in [0, 0.1) is 0 Å². The first-order valence-corrected chi connectivity index (χ1v) is 5.38. The molecule has 2 heteroatoms. The third-order valence-electron chi connectivity index (χ3n) is 3.19. The molecule has 0 spiro atoms. The summed E-state index contributed by atoms with van der Waals surface area (Å²) in [6.45, 7) is 4.92. The highest BCUT2D eigenvalue weighted by molar-refractivity contribution is 5.28. The maximum atomic E-state index is 9.62. The maximum absolute atomic E-state index is 9.62. The van der Waals surface area contributed by atoms with Gasteiger partial charge < -0.3 is 9.84 Å². The number of ether oxygens (including phenoxy) is 1. The molecule has 1 heterocycles. The summed E-state index contributed by atoms with van der Waals surface area (Å²) in [5, 5.41) is 9.62. The van der Waals surface area contributed by atoms with Crippen molar-refractivity contribution >= 4 is 0 Å². The molecule has 0 radical (unpaired) electrons. The molecule has 1 N–H and O–H groups in total. The van der Waals surface area contributed by atoms with Gasteiger partial charge in [-0.2, -0.15) is 0 Å². The van der Waals surface area contributed by atoms with Gasteiger partial charge in [-0.15, -0.1) is 0 Å². The molecule has 0 bridgehead atoms. The van der Waals surface area contributed by atoms with Crippen molar-refractivity contribution in [2.75, 3.05) is 13.2 Å². The highest BCUT2D eigenvalue weighted by Crippen LogP contribution is 2.41. The Morgan fingerprint density at radius 3 is 2.40 bits per heavy atom. The smallest absolute Gasteiger partial charge is 0.0637 e. The summed E-state index contributed by atoms with van der Waals surface area (Å²) in [4.78, 5) is 0. The standard InChI is InChI=1S/C13H18O2/c1-12(2)8-13(9-14,10-15-12)11-6-4-3-5-7-11/h3-7,14H,8-10H2,1-2H3. The zero-order valence-electron chi connectivity index (χ0n) is 9.36. The van der Waals surface area contributed by atoms with Gasteiger partial charge >= 0.3 is 0 Å². The molecule has 1 fully saturated rings. The van der Waals surface area contributed by atoms with Crippen LogP contribution in [0.3, 0.4) is 0 Å². The molecule has 1 aromatic carbocycles. The predicted octanol–water partition coefficient (Wildman–Crippen LogP) is 2.12. The van der Waals surface area contributed by atoms with E-state index in [0.717, 1.165) is 6.42 Å². The van der Waals surface area contributed by atoms with Crippen molar-refractivity contribution in [2.45, 2.75) is 31.3 Å². The van der Waals surface area contributed by atoms with E-state index in [1.54, 1.807) is 0 Å². The van der Waals surface area contributed by atoms with Crippen LogP contribution in [0.1, 0.15) is 25.8 Å². The van der Waals surface area contributed by atoms with Crippen LogP contribution in [-0.4, -0.2) is 23.9 Å². The van der Waals surface area contributed by atoms with E-state index < -0.39 is 0 Å². The molecule has 2 rings (SSSR count). The number of rotatable bonds is 2. The lowest BCUT2D eigenvalue weighted by Crippen LogP contribution is -2.32. The van der Waals surface area contributed by atoms with Crippen LogP contribution in [0.15, 0.2) is 30.3 Å². The van der Waals surface area contributed by atoms with Gasteiger partial charge in [0.25, 0.3) is 0 Å². The quantitative estimate of drug-likeness (QED) is 0.803. The number of hydrogen-bond acceptors (Lipinski definition) is 2. The molecule has 1 aromatic rings. The normalized spacial score (nSPS) is 29.3. The minimum Gasteiger partial charge on any atom is -0.395 e. The Hall–Kier alpha value is -0.860. The van der Waals surface area contributed by atoms with E-state index in [9.17, 15) is 5.11 Å². The topological polar surface area (TPSA) is 29.5 Å². The fraction of sp³-hybridized carbons (Fsp3) is 0.538. The van der Waals surface area contributed by atoms with Crippen molar-refractivity contribution in [1.29, 1.82) is 0 Å². The van der Waals surface area contributed by atoms with Crippen LogP contribution in [0.2, 0.25) is 0 Å². The fourth-order valence-electron chi connectivity index (χ4n) is 2.42. The summed E-state index contributed by atoms with van der Waals surface area (Å²) in [5.74, 6) is 0. The molecule has 0 amide bonds. The Morgan fingerprint density at radius 1 is 1.27 bits per heavy atom. The molecule has 15 heavy (non-hydrogen) atoms. The molecule has 1 aliphatic heterocycles. The Morgan fingerprint density at radius 2 is 1.93 bits per heavy atom. The van der Waals surface area contributed by atoms with Crippen molar-refractivity contribution in [1.82, 2.24) is 0 Å². The van der Waals surface area contributed by atoms with Gasteiger partial charge in [-0.3, -0.25) is 0 Å². The molecule has 82 valence electrons. The van der Waals surface area contributed by atoms with E-state index >= 15 is 0 Å². The zero-order chi connectivity index (χ0) is 10.9. The van der Waals surface area contributed by atoms with E-state index in [0.29, 0.717) is 6.61 Å². The van der Waals surface area contributed by atoms with Gasteiger partial charge in [-0.05, 0) is 25.8 Å². The Kier molecular flexibility index (Phi) is 2.57. The molecule has 0 aromatic heterocycles. The molecule has 1 aliphatic rings. The lowest BCUT2D eigenvalue weighted by atomic mass is 9.77. The van der Waals surface area contributed by atoms with Crippen molar-refractivity contribution < 1.29 is 9.84 Å². The van der Waals surface area contributed by atoms with E-state index in [2.05, 4.69) is 26.0 Å². The number of aliphatic hydroxyl groups excluding tert-OH is 1. The lowest BCUT2D eigenvalue weighted by Gasteiger charge is -2.26. The van der Waals surface area contributed by atoms with Crippen LogP contribution in [-0.2, 0) is 10.2 Å². The second-order valence-corrected chi connectivity index (χ2v) is 5.03. The average Bonchev–Trinajstić information content (AvgIpc) is 2.57. The predicted molar refractivity (Wildman–Crippen MR) is 59.9 cm³/mol. The fourth-order valence-corrected chi connectivity index (χ4v) is 2.42. The van der Waals surface area contributed by atoms with Crippen LogP contribution in [0.25, 0.3) is 0 Å². The third kappa shape index (κ3) is 1.92. The second-order valence-electron chi connectivity index (χ2n) is 5.03. The van der Waals surface area contributed by atoms with Crippen LogP contribution < -0.4 is 0 Å². The van der Waals surface area contributed by atoms with Crippen molar-refractivity contribution in [2.24, 2.45) is 0 Å². The van der Waals surface area contributed by atoms with Crippen molar-refractivity contribution in [3.8, 4) is 0 Å².